The summed E-state index contributed by atoms with van der Waals surface area (Å²) in [5.74, 6) is -0.00249. The predicted octanol–water partition coefficient (Wildman–Crippen LogP) is 5.99. The van der Waals surface area contributed by atoms with Crippen LogP contribution < -0.4 is 4.90 Å². The largest absolute Gasteiger partial charge is 0.378 e. The fraction of sp³-hybridized carbons (Fsp3) is 0.214. The van der Waals surface area contributed by atoms with Gasteiger partial charge in [-0.2, -0.15) is 0 Å². The Balaban J connectivity index is 1.69. The van der Waals surface area contributed by atoms with Crippen molar-refractivity contribution >= 4 is 34.1 Å². The third-order valence-corrected chi connectivity index (χ3v) is 6.70. The van der Waals surface area contributed by atoms with Crippen LogP contribution in [0.4, 0.5) is 5.69 Å². The Hall–Kier alpha value is -3.41. The third-order valence-electron chi connectivity index (χ3n) is 6.38. The molecule has 1 fully saturated rings. The van der Waals surface area contributed by atoms with Gasteiger partial charge >= 0.3 is 0 Å². The molecular formula is C28H26ClN3O2. The first-order valence-electron chi connectivity index (χ1n) is 11.4. The number of morpholine rings is 1. The van der Waals surface area contributed by atoms with E-state index < -0.39 is 0 Å². The first kappa shape index (κ1) is 22.4. The van der Waals surface area contributed by atoms with Gasteiger partial charge in [0.05, 0.1) is 23.9 Å². The Morgan fingerprint density at radius 2 is 2.00 bits per heavy atom. The van der Waals surface area contributed by atoms with Crippen molar-refractivity contribution in [1.29, 1.82) is 0 Å². The normalized spacial score (nSPS) is 13.9. The molecular weight excluding hydrogens is 446 g/mol. The monoisotopic (exact) mass is 471 g/mol. The summed E-state index contributed by atoms with van der Waals surface area (Å²) in [6.45, 7) is 8.85. The molecule has 6 heteroatoms. The molecule has 0 bridgehead atoms. The molecule has 1 N–H and O–H groups in total. The molecule has 1 saturated heterocycles. The number of nitrogens with one attached hydrogen (secondary N) is 1. The van der Waals surface area contributed by atoms with E-state index in [2.05, 4.69) is 63.9 Å². The first-order chi connectivity index (χ1) is 16.5. The SMILES string of the molecule is C=CC(=O)Cc1cc(-c2c(-c3cccc(N4CCOCC4)c3)[nH]c3nccc(Cl)c23)ccc1C. The zero-order valence-corrected chi connectivity index (χ0v) is 19.9. The van der Waals surface area contributed by atoms with Crippen LogP contribution in [-0.2, 0) is 16.0 Å². The number of benzene rings is 2. The van der Waals surface area contributed by atoms with Crippen LogP contribution in [0, 0.1) is 6.92 Å². The molecule has 34 heavy (non-hydrogen) atoms. The van der Waals surface area contributed by atoms with Crippen molar-refractivity contribution in [2.75, 3.05) is 31.2 Å². The van der Waals surface area contributed by atoms with Crippen molar-refractivity contribution in [1.82, 2.24) is 9.97 Å². The van der Waals surface area contributed by atoms with Gasteiger partial charge in [-0.25, -0.2) is 4.98 Å². The van der Waals surface area contributed by atoms with Crippen LogP contribution >= 0.6 is 11.6 Å². The van der Waals surface area contributed by atoms with E-state index in [-0.39, 0.29) is 5.78 Å². The third kappa shape index (κ3) is 4.25. The highest BCUT2D eigenvalue weighted by atomic mass is 35.5. The van der Waals surface area contributed by atoms with E-state index in [1.54, 1.807) is 6.20 Å². The van der Waals surface area contributed by atoms with E-state index in [1.807, 2.05) is 13.0 Å². The number of aromatic amines is 1. The van der Waals surface area contributed by atoms with Crippen molar-refractivity contribution in [2.24, 2.45) is 0 Å². The van der Waals surface area contributed by atoms with Gasteiger partial charge in [0.1, 0.15) is 5.65 Å². The summed E-state index contributed by atoms with van der Waals surface area (Å²) in [7, 11) is 0. The number of pyridine rings is 1. The molecule has 1 aliphatic heterocycles. The molecule has 5 nitrogen and oxygen atoms in total. The summed E-state index contributed by atoms with van der Waals surface area (Å²) in [6, 6.07) is 16.5. The number of hydrogen-bond donors (Lipinski definition) is 1. The molecule has 0 radical (unpaired) electrons. The lowest BCUT2D eigenvalue weighted by Crippen LogP contribution is -2.36. The number of H-pyrrole nitrogens is 1. The number of anilines is 1. The van der Waals surface area contributed by atoms with Gasteiger partial charge in [0.2, 0.25) is 0 Å². The van der Waals surface area contributed by atoms with Crippen molar-refractivity contribution in [3.05, 3.63) is 83.5 Å². The van der Waals surface area contributed by atoms with Gasteiger partial charge in [-0.05, 0) is 47.9 Å². The molecule has 0 amide bonds. The van der Waals surface area contributed by atoms with Crippen LogP contribution in [0.2, 0.25) is 5.02 Å². The molecule has 0 unspecified atom stereocenters. The summed E-state index contributed by atoms with van der Waals surface area (Å²) >= 11 is 6.69. The fourth-order valence-corrected chi connectivity index (χ4v) is 4.78. The van der Waals surface area contributed by atoms with Gasteiger partial charge in [-0.3, -0.25) is 4.79 Å². The smallest absolute Gasteiger partial charge is 0.159 e. The summed E-state index contributed by atoms with van der Waals surface area (Å²) in [5.41, 5.74) is 7.92. The molecule has 0 spiro atoms. The van der Waals surface area contributed by atoms with E-state index in [0.29, 0.717) is 11.4 Å². The van der Waals surface area contributed by atoms with Gasteiger partial charge < -0.3 is 14.6 Å². The number of aromatic nitrogens is 2. The number of fused-ring (bicyclic) bond motifs is 1. The van der Waals surface area contributed by atoms with Crippen molar-refractivity contribution < 1.29 is 9.53 Å². The maximum Gasteiger partial charge on any atom is 0.159 e. The van der Waals surface area contributed by atoms with E-state index in [1.165, 1.54) is 6.08 Å². The first-order valence-corrected chi connectivity index (χ1v) is 11.8. The lowest BCUT2D eigenvalue weighted by atomic mass is 9.93. The molecule has 172 valence electrons. The molecule has 1 aliphatic rings. The van der Waals surface area contributed by atoms with Crippen molar-refractivity contribution in [2.45, 2.75) is 13.3 Å². The number of aryl methyl sites for hydroxylation is 1. The quantitative estimate of drug-likeness (QED) is 0.351. The van der Waals surface area contributed by atoms with Gasteiger partial charge in [0.15, 0.2) is 5.78 Å². The predicted molar refractivity (Wildman–Crippen MR) is 139 cm³/mol. The van der Waals surface area contributed by atoms with Gasteiger partial charge in [0, 0.05) is 47.9 Å². The van der Waals surface area contributed by atoms with Crippen molar-refractivity contribution in [3.8, 4) is 22.4 Å². The number of carbonyl (C=O) groups is 1. The number of hydrogen-bond acceptors (Lipinski definition) is 4. The lowest BCUT2D eigenvalue weighted by molar-refractivity contribution is -0.114. The molecule has 0 saturated carbocycles. The number of allylic oxidation sites excluding steroid dienone is 1. The molecule has 5 rings (SSSR count). The minimum absolute atomic E-state index is 0.00249. The summed E-state index contributed by atoms with van der Waals surface area (Å²) < 4.78 is 5.52. The second-order valence-electron chi connectivity index (χ2n) is 8.53. The van der Waals surface area contributed by atoms with Crippen LogP contribution in [0.15, 0.2) is 67.4 Å². The average Bonchev–Trinajstić information content (AvgIpc) is 3.27. The molecule has 0 aliphatic carbocycles. The van der Waals surface area contributed by atoms with Crippen LogP contribution in [0.3, 0.4) is 0 Å². The Morgan fingerprint density at radius 1 is 1.18 bits per heavy atom. The zero-order valence-electron chi connectivity index (χ0n) is 19.1. The number of nitrogens with zero attached hydrogens (tertiary/aromatic N) is 2. The Bertz CT molecular complexity index is 1390. The Kier molecular flexibility index (Phi) is 6.22. The molecule has 0 atom stereocenters. The van der Waals surface area contributed by atoms with Gasteiger partial charge in [-0.1, -0.05) is 48.5 Å². The molecule has 2 aromatic heterocycles. The van der Waals surface area contributed by atoms with Crippen LogP contribution in [-0.4, -0.2) is 42.1 Å². The number of carbonyl (C=O) groups excluding carboxylic acids is 1. The molecule has 2 aromatic carbocycles. The van der Waals surface area contributed by atoms with E-state index in [4.69, 9.17) is 16.3 Å². The van der Waals surface area contributed by atoms with Crippen LogP contribution in [0.25, 0.3) is 33.4 Å². The van der Waals surface area contributed by atoms with Crippen molar-refractivity contribution in [3.63, 3.8) is 0 Å². The molecule has 3 heterocycles. The Morgan fingerprint density at radius 3 is 2.79 bits per heavy atom. The number of ether oxygens (including phenoxy) is 1. The highest BCUT2D eigenvalue weighted by molar-refractivity contribution is 6.36. The van der Waals surface area contributed by atoms with E-state index in [0.717, 1.165) is 76.5 Å². The highest BCUT2D eigenvalue weighted by Gasteiger charge is 2.20. The van der Waals surface area contributed by atoms with Gasteiger partial charge in [0.25, 0.3) is 0 Å². The lowest BCUT2D eigenvalue weighted by Gasteiger charge is -2.29. The number of rotatable bonds is 6. The maximum atomic E-state index is 12.1. The van der Waals surface area contributed by atoms with Crippen LogP contribution in [0.1, 0.15) is 11.1 Å². The molecule has 4 aromatic rings. The fourth-order valence-electron chi connectivity index (χ4n) is 4.54. The van der Waals surface area contributed by atoms with E-state index >= 15 is 0 Å². The zero-order chi connectivity index (χ0) is 23.7. The standard InChI is InChI=1S/C28H26ClN3O2/c1-3-23(33)17-21-15-19(8-7-18(21)2)25-26-24(29)9-10-30-28(26)31-27(25)20-5-4-6-22(16-20)32-11-13-34-14-12-32/h3-10,15-16H,1,11-14,17H2,2H3,(H,30,31). The highest BCUT2D eigenvalue weighted by Crippen LogP contribution is 2.42. The second kappa shape index (κ2) is 9.45. The maximum absolute atomic E-state index is 12.1. The van der Waals surface area contributed by atoms with Gasteiger partial charge in [-0.15, -0.1) is 0 Å². The minimum atomic E-state index is -0.00249. The summed E-state index contributed by atoms with van der Waals surface area (Å²) in [5, 5.41) is 1.51. The Labute approximate surface area is 204 Å². The van der Waals surface area contributed by atoms with E-state index in [9.17, 15) is 4.79 Å². The number of ketones is 1. The summed E-state index contributed by atoms with van der Waals surface area (Å²) in [4.78, 5) is 22.5. The second-order valence-corrected chi connectivity index (χ2v) is 8.94. The van der Waals surface area contributed by atoms with Crippen LogP contribution in [0.5, 0.6) is 0 Å². The topological polar surface area (TPSA) is 58.2 Å². The summed E-state index contributed by atoms with van der Waals surface area (Å²) in [6.07, 6.45) is 3.41. The average molecular weight is 472 g/mol. The number of halogens is 1. The minimum Gasteiger partial charge on any atom is -0.378 e.